The van der Waals surface area contributed by atoms with E-state index in [0.717, 1.165) is 17.1 Å². The minimum atomic E-state index is 0.0310. The standard InChI is InChI=1S/C19H17N3O/c1-13-7-5-6-10-15(13)16-11-18(23)21-19-17(16)12-20-22(19)14-8-3-2-4-9-14/h2-10,12,16H,11H2,1H3,(H,21,23)/t16-/m0/s1. The molecule has 0 unspecified atom stereocenters. The van der Waals surface area contributed by atoms with Gasteiger partial charge >= 0.3 is 0 Å². The average molecular weight is 303 g/mol. The molecule has 1 amide bonds. The van der Waals surface area contributed by atoms with Gasteiger partial charge < -0.3 is 5.32 Å². The van der Waals surface area contributed by atoms with Gasteiger partial charge in [-0.1, -0.05) is 42.5 Å². The van der Waals surface area contributed by atoms with E-state index in [0.29, 0.717) is 6.42 Å². The Morgan fingerprint density at radius 3 is 2.57 bits per heavy atom. The molecule has 4 nitrogen and oxygen atoms in total. The molecule has 1 aliphatic rings. The molecule has 114 valence electrons. The summed E-state index contributed by atoms with van der Waals surface area (Å²) in [5, 5.41) is 7.50. The van der Waals surface area contributed by atoms with Gasteiger partial charge in [0.15, 0.2) is 0 Å². The number of hydrogen-bond acceptors (Lipinski definition) is 2. The first kappa shape index (κ1) is 13.8. The number of anilines is 1. The van der Waals surface area contributed by atoms with Crippen LogP contribution in [0.2, 0.25) is 0 Å². The van der Waals surface area contributed by atoms with Crippen molar-refractivity contribution in [2.24, 2.45) is 0 Å². The number of aryl methyl sites for hydroxylation is 1. The topological polar surface area (TPSA) is 46.9 Å². The van der Waals surface area contributed by atoms with Gasteiger partial charge in [0.2, 0.25) is 5.91 Å². The zero-order chi connectivity index (χ0) is 15.8. The number of carbonyl (C=O) groups is 1. The van der Waals surface area contributed by atoms with Crippen molar-refractivity contribution < 1.29 is 4.79 Å². The predicted octanol–water partition coefficient (Wildman–Crippen LogP) is 3.65. The highest BCUT2D eigenvalue weighted by molar-refractivity contribution is 5.94. The molecule has 1 aromatic heterocycles. The van der Waals surface area contributed by atoms with Crippen LogP contribution in [0, 0.1) is 6.92 Å². The van der Waals surface area contributed by atoms with E-state index < -0.39 is 0 Å². The van der Waals surface area contributed by atoms with Crippen molar-refractivity contribution in [2.75, 3.05) is 5.32 Å². The minimum absolute atomic E-state index is 0.0310. The molecule has 0 bridgehead atoms. The zero-order valence-electron chi connectivity index (χ0n) is 12.9. The monoisotopic (exact) mass is 303 g/mol. The second-order valence-corrected chi connectivity index (χ2v) is 5.86. The molecule has 2 aromatic carbocycles. The summed E-state index contributed by atoms with van der Waals surface area (Å²) in [7, 11) is 0. The Labute approximate surface area is 134 Å². The van der Waals surface area contributed by atoms with Crippen LogP contribution in [0.3, 0.4) is 0 Å². The third-order valence-electron chi connectivity index (χ3n) is 4.38. The number of amides is 1. The lowest BCUT2D eigenvalue weighted by Gasteiger charge is -2.25. The number of benzene rings is 2. The van der Waals surface area contributed by atoms with E-state index in [1.165, 1.54) is 11.1 Å². The normalized spacial score (nSPS) is 16.7. The van der Waals surface area contributed by atoms with Gasteiger partial charge in [0.05, 0.1) is 11.9 Å². The van der Waals surface area contributed by atoms with Crippen molar-refractivity contribution in [2.45, 2.75) is 19.3 Å². The summed E-state index contributed by atoms with van der Waals surface area (Å²) < 4.78 is 1.80. The third-order valence-corrected chi connectivity index (χ3v) is 4.38. The van der Waals surface area contributed by atoms with Gasteiger partial charge in [0, 0.05) is 17.9 Å². The Bertz CT molecular complexity index is 867. The first-order valence-electron chi connectivity index (χ1n) is 7.73. The molecule has 1 N–H and O–H groups in total. The van der Waals surface area contributed by atoms with Gasteiger partial charge in [0.25, 0.3) is 0 Å². The van der Waals surface area contributed by atoms with Crippen LogP contribution in [-0.2, 0) is 4.79 Å². The summed E-state index contributed by atoms with van der Waals surface area (Å²) in [6.45, 7) is 2.09. The van der Waals surface area contributed by atoms with Crippen LogP contribution >= 0.6 is 0 Å². The van der Waals surface area contributed by atoms with Crippen LogP contribution in [0.25, 0.3) is 5.69 Å². The molecular formula is C19H17N3O. The molecule has 0 fully saturated rings. The fraction of sp³-hybridized carbons (Fsp3) is 0.158. The summed E-state index contributed by atoms with van der Waals surface area (Å²) in [5.41, 5.74) is 4.41. The van der Waals surface area contributed by atoms with Crippen molar-refractivity contribution in [3.63, 3.8) is 0 Å². The lowest BCUT2D eigenvalue weighted by atomic mass is 9.85. The number of para-hydroxylation sites is 1. The van der Waals surface area contributed by atoms with E-state index in [2.05, 4.69) is 29.5 Å². The predicted molar refractivity (Wildman–Crippen MR) is 89.8 cm³/mol. The first-order valence-corrected chi connectivity index (χ1v) is 7.73. The summed E-state index contributed by atoms with van der Waals surface area (Å²) >= 11 is 0. The molecule has 1 aliphatic heterocycles. The van der Waals surface area contributed by atoms with Crippen LogP contribution in [-0.4, -0.2) is 15.7 Å². The number of nitrogens with zero attached hydrogens (tertiary/aromatic N) is 2. The van der Waals surface area contributed by atoms with E-state index >= 15 is 0 Å². The van der Waals surface area contributed by atoms with Gasteiger partial charge in [-0.15, -0.1) is 0 Å². The summed E-state index contributed by atoms with van der Waals surface area (Å²) in [4.78, 5) is 12.3. The van der Waals surface area contributed by atoms with Crippen molar-refractivity contribution in [1.82, 2.24) is 9.78 Å². The molecule has 4 heteroatoms. The van der Waals surface area contributed by atoms with E-state index in [1.54, 1.807) is 4.68 Å². The Morgan fingerprint density at radius 1 is 1.04 bits per heavy atom. The lowest BCUT2D eigenvalue weighted by molar-refractivity contribution is -0.116. The van der Waals surface area contributed by atoms with Crippen LogP contribution in [0.15, 0.2) is 60.8 Å². The van der Waals surface area contributed by atoms with Crippen molar-refractivity contribution in [1.29, 1.82) is 0 Å². The molecule has 1 atom stereocenters. The second-order valence-electron chi connectivity index (χ2n) is 5.86. The molecule has 4 rings (SSSR count). The lowest BCUT2D eigenvalue weighted by Crippen LogP contribution is -2.24. The fourth-order valence-corrected chi connectivity index (χ4v) is 3.24. The number of fused-ring (bicyclic) bond motifs is 1. The van der Waals surface area contributed by atoms with E-state index in [4.69, 9.17) is 0 Å². The van der Waals surface area contributed by atoms with Gasteiger partial charge in [-0.05, 0) is 30.2 Å². The number of aromatic nitrogens is 2. The Hall–Kier alpha value is -2.88. The molecule has 0 aliphatic carbocycles. The summed E-state index contributed by atoms with van der Waals surface area (Å²) in [6, 6.07) is 18.1. The number of hydrogen-bond donors (Lipinski definition) is 1. The molecule has 0 saturated carbocycles. The Morgan fingerprint density at radius 2 is 1.78 bits per heavy atom. The fourth-order valence-electron chi connectivity index (χ4n) is 3.24. The molecule has 3 aromatic rings. The van der Waals surface area contributed by atoms with Crippen molar-refractivity contribution in [3.8, 4) is 5.69 Å². The van der Waals surface area contributed by atoms with E-state index in [9.17, 15) is 4.79 Å². The quantitative estimate of drug-likeness (QED) is 0.785. The zero-order valence-corrected chi connectivity index (χ0v) is 12.9. The van der Waals surface area contributed by atoms with Gasteiger partial charge in [0.1, 0.15) is 5.82 Å². The smallest absolute Gasteiger partial charge is 0.226 e. The Balaban J connectivity index is 1.85. The van der Waals surface area contributed by atoms with Crippen LogP contribution in [0.4, 0.5) is 5.82 Å². The number of rotatable bonds is 2. The maximum atomic E-state index is 12.3. The Kier molecular flexibility index (Phi) is 3.23. The summed E-state index contributed by atoms with van der Waals surface area (Å²) in [6.07, 6.45) is 2.33. The average Bonchev–Trinajstić information content (AvgIpc) is 2.99. The van der Waals surface area contributed by atoms with Gasteiger partial charge in [-0.3, -0.25) is 4.79 Å². The van der Waals surface area contributed by atoms with Crippen molar-refractivity contribution in [3.05, 3.63) is 77.5 Å². The highest BCUT2D eigenvalue weighted by atomic mass is 16.1. The molecule has 0 radical (unpaired) electrons. The number of carbonyl (C=O) groups excluding carboxylic acids is 1. The maximum Gasteiger partial charge on any atom is 0.226 e. The van der Waals surface area contributed by atoms with Gasteiger partial charge in [-0.2, -0.15) is 5.10 Å². The molecule has 2 heterocycles. The maximum absolute atomic E-state index is 12.3. The molecule has 0 saturated heterocycles. The largest absolute Gasteiger partial charge is 0.310 e. The molecular weight excluding hydrogens is 286 g/mol. The van der Waals surface area contributed by atoms with Crippen LogP contribution < -0.4 is 5.32 Å². The summed E-state index contributed by atoms with van der Waals surface area (Å²) in [5.74, 6) is 0.863. The van der Waals surface area contributed by atoms with Crippen LogP contribution in [0.1, 0.15) is 29.0 Å². The van der Waals surface area contributed by atoms with Gasteiger partial charge in [-0.25, -0.2) is 4.68 Å². The number of nitrogens with one attached hydrogen (secondary N) is 1. The minimum Gasteiger partial charge on any atom is -0.310 e. The SMILES string of the molecule is Cc1ccccc1[C@@H]1CC(=O)Nc2c1cnn2-c1ccccc1. The highest BCUT2D eigenvalue weighted by Gasteiger charge is 2.30. The molecule has 23 heavy (non-hydrogen) atoms. The van der Waals surface area contributed by atoms with Crippen LogP contribution in [0.5, 0.6) is 0 Å². The molecule has 0 spiro atoms. The van der Waals surface area contributed by atoms with E-state index in [-0.39, 0.29) is 11.8 Å². The highest BCUT2D eigenvalue weighted by Crippen LogP contribution is 2.38. The van der Waals surface area contributed by atoms with Crippen molar-refractivity contribution >= 4 is 11.7 Å². The van der Waals surface area contributed by atoms with E-state index in [1.807, 2.05) is 48.7 Å². The second kappa shape index (κ2) is 5.39. The first-order chi connectivity index (χ1) is 11.2. The third kappa shape index (κ3) is 2.32.